The zero-order valence-corrected chi connectivity index (χ0v) is 8.73. The van der Waals surface area contributed by atoms with Gasteiger partial charge in [0, 0.05) is 11.6 Å². The fourth-order valence-electron chi connectivity index (χ4n) is 0.999. The Morgan fingerprint density at radius 3 is 2.39 bits per heavy atom. The molecule has 0 aliphatic heterocycles. The molecule has 96 valence electrons. The molecule has 0 atom stereocenters. The summed E-state index contributed by atoms with van der Waals surface area (Å²) in [5, 5.41) is 8.08. The van der Waals surface area contributed by atoms with Crippen LogP contribution < -0.4 is 5.69 Å². The van der Waals surface area contributed by atoms with Gasteiger partial charge in [0.1, 0.15) is 0 Å². The van der Waals surface area contributed by atoms with Crippen molar-refractivity contribution >= 4 is 16.9 Å². The monoisotopic (exact) mass is 260 g/mol. The van der Waals surface area contributed by atoms with E-state index in [1.54, 1.807) is 6.20 Å². The van der Waals surface area contributed by atoms with E-state index in [4.69, 9.17) is 9.90 Å². The maximum Gasteiger partial charge on any atom is 0.490 e. The minimum Gasteiger partial charge on any atom is -0.475 e. The van der Waals surface area contributed by atoms with Crippen molar-refractivity contribution in [1.29, 1.82) is 0 Å². The number of halogens is 3. The summed E-state index contributed by atoms with van der Waals surface area (Å²) in [7, 11) is 0. The fourth-order valence-corrected chi connectivity index (χ4v) is 0.999. The zero-order chi connectivity index (χ0) is 13.8. The van der Waals surface area contributed by atoms with Crippen LogP contribution in [0.4, 0.5) is 13.2 Å². The summed E-state index contributed by atoms with van der Waals surface area (Å²) in [6.07, 6.45) is -3.52. The third-order valence-electron chi connectivity index (χ3n) is 1.77. The molecule has 0 radical (unpaired) electrons. The number of para-hydroxylation sites is 1. The van der Waals surface area contributed by atoms with E-state index >= 15 is 0 Å². The number of nitrogens with one attached hydrogen (secondary N) is 1. The van der Waals surface area contributed by atoms with Gasteiger partial charge in [-0.3, -0.25) is 0 Å². The van der Waals surface area contributed by atoms with Gasteiger partial charge in [0.25, 0.3) is 0 Å². The Morgan fingerprint density at radius 2 is 1.83 bits per heavy atom. The van der Waals surface area contributed by atoms with E-state index in [0.717, 1.165) is 10.9 Å². The molecule has 0 saturated carbocycles. The Balaban J connectivity index is 0.000000203. The predicted octanol–water partition coefficient (Wildman–Crippen LogP) is 1.56. The van der Waals surface area contributed by atoms with Crippen LogP contribution in [0, 0.1) is 0 Å². The molecule has 0 bridgehead atoms. The molecule has 1 heterocycles. The highest BCUT2D eigenvalue weighted by molar-refractivity contribution is 5.76. The number of aromatic nitrogens is 2. The van der Waals surface area contributed by atoms with Crippen molar-refractivity contribution in [2.45, 2.75) is 6.18 Å². The molecule has 5 nitrogen and oxygen atoms in total. The standard InChI is InChI=1S/C8H6N2O.C2HF3O2/c11-8-9-5-6-3-1-2-4-7(6)10-8;3-2(4,5)1(6)7/h1-5H,(H,9,10,11);(H,6,7). The number of rotatable bonds is 0. The molecule has 0 spiro atoms. The van der Waals surface area contributed by atoms with E-state index in [2.05, 4.69) is 9.97 Å². The fraction of sp³-hybridized carbons (Fsp3) is 0.100. The second-order valence-corrected chi connectivity index (χ2v) is 3.08. The highest BCUT2D eigenvalue weighted by Crippen LogP contribution is 2.13. The van der Waals surface area contributed by atoms with Gasteiger partial charge in [0.05, 0.1) is 5.52 Å². The molecule has 0 fully saturated rings. The number of benzene rings is 1. The topological polar surface area (TPSA) is 83.0 Å². The van der Waals surface area contributed by atoms with Crippen molar-refractivity contribution in [2.24, 2.45) is 0 Å². The van der Waals surface area contributed by atoms with Gasteiger partial charge in [-0.15, -0.1) is 0 Å². The van der Waals surface area contributed by atoms with Gasteiger partial charge in [-0.05, 0) is 6.07 Å². The first-order valence-electron chi connectivity index (χ1n) is 4.55. The minimum atomic E-state index is -5.08. The van der Waals surface area contributed by atoms with Crippen molar-refractivity contribution in [3.8, 4) is 0 Å². The number of hydrogen-bond donors (Lipinski definition) is 2. The first-order chi connectivity index (χ1) is 8.30. The lowest BCUT2D eigenvalue weighted by atomic mass is 10.2. The number of alkyl halides is 3. The van der Waals surface area contributed by atoms with Crippen LogP contribution in [-0.2, 0) is 4.79 Å². The number of carboxylic acid groups (broad SMARTS) is 1. The summed E-state index contributed by atoms with van der Waals surface area (Å²) in [6, 6.07) is 7.53. The third-order valence-corrected chi connectivity index (χ3v) is 1.77. The van der Waals surface area contributed by atoms with E-state index < -0.39 is 12.1 Å². The number of carbonyl (C=O) groups is 1. The maximum atomic E-state index is 10.7. The van der Waals surface area contributed by atoms with Crippen molar-refractivity contribution in [3.05, 3.63) is 40.9 Å². The third kappa shape index (κ3) is 3.89. The molecule has 8 heteroatoms. The molecule has 2 rings (SSSR count). The van der Waals surface area contributed by atoms with Crippen LogP contribution >= 0.6 is 0 Å². The van der Waals surface area contributed by atoms with Crippen LogP contribution in [0.25, 0.3) is 10.9 Å². The molecular formula is C10H7F3N2O3. The molecular weight excluding hydrogens is 253 g/mol. The molecule has 1 aromatic heterocycles. The highest BCUT2D eigenvalue weighted by atomic mass is 19.4. The quantitative estimate of drug-likeness (QED) is 0.752. The number of H-pyrrole nitrogens is 1. The summed E-state index contributed by atoms with van der Waals surface area (Å²) in [6.45, 7) is 0. The molecule has 0 aliphatic carbocycles. The van der Waals surface area contributed by atoms with Crippen LogP contribution in [0.5, 0.6) is 0 Å². The van der Waals surface area contributed by atoms with Gasteiger partial charge in [-0.1, -0.05) is 18.2 Å². The largest absolute Gasteiger partial charge is 0.490 e. The van der Waals surface area contributed by atoms with E-state index in [-0.39, 0.29) is 5.69 Å². The summed E-state index contributed by atoms with van der Waals surface area (Å²) >= 11 is 0. The van der Waals surface area contributed by atoms with Crippen molar-refractivity contribution in [3.63, 3.8) is 0 Å². The first-order valence-corrected chi connectivity index (χ1v) is 4.55. The van der Waals surface area contributed by atoms with Gasteiger partial charge in [0.2, 0.25) is 0 Å². The smallest absolute Gasteiger partial charge is 0.475 e. The predicted molar refractivity (Wildman–Crippen MR) is 56.1 cm³/mol. The molecule has 2 aromatic rings. The Morgan fingerprint density at radius 1 is 1.28 bits per heavy atom. The Kier molecular flexibility index (Phi) is 4.03. The maximum absolute atomic E-state index is 10.7. The lowest BCUT2D eigenvalue weighted by molar-refractivity contribution is -0.192. The van der Waals surface area contributed by atoms with E-state index in [1.165, 1.54) is 0 Å². The van der Waals surface area contributed by atoms with E-state index in [0.29, 0.717) is 0 Å². The lowest BCUT2D eigenvalue weighted by Gasteiger charge is -1.93. The van der Waals surface area contributed by atoms with Crippen LogP contribution in [0.1, 0.15) is 0 Å². The van der Waals surface area contributed by atoms with E-state index in [1.807, 2.05) is 24.3 Å². The summed E-state index contributed by atoms with van der Waals surface area (Å²) in [4.78, 5) is 25.8. The molecule has 0 saturated heterocycles. The van der Waals surface area contributed by atoms with Gasteiger partial charge in [-0.25, -0.2) is 14.6 Å². The highest BCUT2D eigenvalue weighted by Gasteiger charge is 2.38. The minimum absolute atomic E-state index is 0.302. The van der Waals surface area contributed by atoms with Crippen molar-refractivity contribution in [1.82, 2.24) is 9.97 Å². The SMILES string of the molecule is O=C(O)C(F)(F)F.O=c1ncc2ccccc2[nH]1. The molecule has 0 unspecified atom stereocenters. The average molecular weight is 260 g/mol. The van der Waals surface area contributed by atoms with Crippen molar-refractivity contribution in [2.75, 3.05) is 0 Å². The second kappa shape index (κ2) is 5.30. The molecule has 0 amide bonds. The normalized spacial score (nSPS) is 10.6. The van der Waals surface area contributed by atoms with Crippen LogP contribution in [-0.4, -0.2) is 27.2 Å². The second-order valence-electron chi connectivity index (χ2n) is 3.08. The summed E-state index contributed by atoms with van der Waals surface area (Å²) in [5.74, 6) is -2.76. The number of nitrogens with zero attached hydrogens (tertiary/aromatic N) is 1. The molecule has 1 aromatic carbocycles. The zero-order valence-electron chi connectivity index (χ0n) is 8.73. The van der Waals surface area contributed by atoms with Gasteiger partial charge >= 0.3 is 17.8 Å². The van der Waals surface area contributed by atoms with Crippen LogP contribution in [0.3, 0.4) is 0 Å². The lowest BCUT2D eigenvalue weighted by Crippen LogP contribution is -2.21. The Bertz CT molecular complexity index is 607. The number of hydrogen-bond acceptors (Lipinski definition) is 3. The summed E-state index contributed by atoms with van der Waals surface area (Å²) < 4.78 is 31.7. The molecule has 18 heavy (non-hydrogen) atoms. The number of fused-ring (bicyclic) bond motifs is 1. The van der Waals surface area contributed by atoms with Crippen molar-refractivity contribution < 1.29 is 23.1 Å². The number of carboxylic acids is 1. The number of aliphatic carboxylic acids is 1. The van der Waals surface area contributed by atoms with Gasteiger partial charge < -0.3 is 10.1 Å². The molecule has 0 aliphatic rings. The molecule has 2 N–H and O–H groups in total. The summed E-state index contributed by atoms with van der Waals surface area (Å²) in [5.41, 5.74) is 0.524. The average Bonchev–Trinajstić information content (AvgIpc) is 2.28. The Labute approximate surface area is 97.9 Å². The van der Waals surface area contributed by atoms with E-state index in [9.17, 15) is 18.0 Å². The number of aromatic amines is 1. The first kappa shape index (κ1) is 13.7. The Hall–Kier alpha value is -2.38. The van der Waals surface area contributed by atoms with Crippen LogP contribution in [0.2, 0.25) is 0 Å². The van der Waals surface area contributed by atoms with Gasteiger partial charge in [-0.2, -0.15) is 13.2 Å². The van der Waals surface area contributed by atoms with Gasteiger partial charge in [0.15, 0.2) is 0 Å². The van der Waals surface area contributed by atoms with Crippen LogP contribution in [0.15, 0.2) is 35.3 Å².